The predicted molar refractivity (Wildman–Crippen MR) is 101 cm³/mol. The van der Waals surface area contributed by atoms with Crippen molar-refractivity contribution in [2.24, 2.45) is 18.1 Å². The number of rotatable bonds is 6. The SMILES string of the molecule is CC(C)CNC(=O)c1c(NC(=O)C2CC(c3ccc(F)cc3)=NO2)cnn1C. The van der Waals surface area contributed by atoms with Gasteiger partial charge in [0.05, 0.1) is 17.6 Å². The fraction of sp³-hybridized carbons (Fsp3) is 0.368. The minimum atomic E-state index is -0.841. The summed E-state index contributed by atoms with van der Waals surface area (Å²) in [6.07, 6.45) is 0.817. The Morgan fingerprint density at radius 3 is 2.71 bits per heavy atom. The number of carbonyl (C=O) groups excluding carboxylic acids is 2. The van der Waals surface area contributed by atoms with Crippen molar-refractivity contribution in [3.8, 4) is 0 Å². The first-order chi connectivity index (χ1) is 13.3. The van der Waals surface area contributed by atoms with Crippen molar-refractivity contribution in [2.45, 2.75) is 26.4 Å². The molecular formula is C19H22FN5O3. The van der Waals surface area contributed by atoms with Gasteiger partial charge in [-0.05, 0) is 23.6 Å². The predicted octanol–water partition coefficient (Wildman–Crippen LogP) is 2.08. The summed E-state index contributed by atoms with van der Waals surface area (Å²) in [5.41, 5.74) is 1.80. The van der Waals surface area contributed by atoms with Gasteiger partial charge in [-0.1, -0.05) is 31.1 Å². The maximum atomic E-state index is 13.0. The van der Waals surface area contributed by atoms with Gasteiger partial charge in [0.2, 0.25) is 6.10 Å². The van der Waals surface area contributed by atoms with E-state index < -0.39 is 12.0 Å². The second-order valence-corrected chi connectivity index (χ2v) is 6.97. The molecule has 0 spiro atoms. The fourth-order valence-corrected chi connectivity index (χ4v) is 2.72. The van der Waals surface area contributed by atoms with Crippen LogP contribution in [0.5, 0.6) is 0 Å². The van der Waals surface area contributed by atoms with E-state index in [0.29, 0.717) is 29.4 Å². The zero-order chi connectivity index (χ0) is 20.3. The van der Waals surface area contributed by atoms with Gasteiger partial charge in [0.1, 0.15) is 11.5 Å². The lowest BCUT2D eigenvalue weighted by Crippen LogP contribution is -2.32. The molecule has 2 heterocycles. The molecule has 2 N–H and O–H groups in total. The second kappa shape index (κ2) is 8.20. The van der Waals surface area contributed by atoms with Gasteiger partial charge < -0.3 is 15.5 Å². The van der Waals surface area contributed by atoms with Crippen LogP contribution < -0.4 is 10.6 Å². The van der Waals surface area contributed by atoms with Gasteiger partial charge in [-0.15, -0.1) is 0 Å². The zero-order valence-electron chi connectivity index (χ0n) is 15.9. The van der Waals surface area contributed by atoms with E-state index in [1.807, 2.05) is 13.8 Å². The van der Waals surface area contributed by atoms with Gasteiger partial charge in [0, 0.05) is 20.0 Å². The van der Waals surface area contributed by atoms with Crippen LogP contribution in [0.2, 0.25) is 0 Å². The Balaban J connectivity index is 1.64. The minimum Gasteiger partial charge on any atom is -0.382 e. The van der Waals surface area contributed by atoms with Gasteiger partial charge in [-0.2, -0.15) is 5.10 Å². The average Bonchev–Trinajstić information content (AvgIpc) is 3.28. The summed E-state index contributed by atoms with van der Waals surface area (Å²) in [6.45, 7) is 4.49. The first kappa shape index (κ1) is 19.5. The number of oxime groups is 1. The Morgan fingerprint density at radius 1 is 1.32 bits per heavy atom. The van der Waals surface area contributed by atoms with Gasteiger partial charge in [-0.25, -0.2) is 4.39 Å². The largest absolute Gasteiger partial charge is 0.382 e. The minimum absolute atomic E-state index is 0.243. The summed E-state index contributed by atoms with van der Waals surface area (Å²) in [5, 5.41) is 13.5. The highest BCUT2D eigenvalue weighted by Crippen LogP contribution is 2.20. The molecule has 0 saturated heterocycles. The van der Waals surface area contributed by atoms with Crippen molar-refractivity contribution in [1.82, 2.24) is 15.1 Å². The number of amides is 2. The molecule has 0 aliphatic carbocycles. The van der Waals surface area contributed by atoms with Crippen LogP contribution in [0.3, 0.4) is 0 Å². The molecule has 8 nitrogen and oxygen atoms in total. The van der Waals surface area contributed by atoms with Crippen molar-refractivity contribution < 1.29 is 18.8 Å². The lowest BCUT2D eigenvalue weighted by atomic mass is 10.0. The van der Waals surface area contributed by atoms with Crippen molar-refractivity contribution in [3.05, 3.63) is 47.5 Å². The molecule has 0 radical (unpaired) electrons. The Hall–Kier alpha value is -3.23. The number of nitrogens with one attached hydrogen (secondary N) is 2. The molecule has 3 rings (SSSR count). The van der Waals surface area contributed by atoms with Crippen molar-refractivity contribution in [2.75, 3.05) is 11.9 Å². The van der Waals surface area contributed by atoms with Crippen LogP contribution in [0.4, 0.5) is 10.1 Å². The van der Waals surface area contributed by atoms with Crippen LogP contribution in [-0.2, 0) is 16.7 Å². The summed E-state index contributed by atoms with van der Waals surface area (Å²) in [4.78, 5) is 30.2. The van der Waals surface area contributed by atoms with Gasteiger partial charge in [-0.3, -0.25) is 14.3 Å². The molecule has 2 aromatic rings. The van der Waals surface area contributed by atoms with Crippen LogP contribution >= 0.6 is 0 Å². The van der Waals surface area contributed by atoms with Crippen LogP contribution in [-0.4, -0.2) is 40.0 Å². The Morgan fingerprint density at radius 2 is 2.04 bits per heavy atom. The summed E-state index contributed by atoms with van der Waals surface area (Å²) >= 11 is 0. The number of hydrogen-bond donors (Lipinski definition) is 2. The molecular weight excluding hydrogens is 365 g/mol. The number of aryl methyl sites for hydroxylation is 1. The smallest absolute Gasteiger partial charge is 0.271 e. The molecule has 0 saturated carbocycles. The number of halogens is 1. The number of nitrogens with zero attached hydrogens (tertiary/aromatic N) is 3. The highest BCUT2D eigenvalue weighted by atomic mass is 19.1. The zero-order valence-corrected chi connectivity index (χ0v) is 15.9. The van der Waals surface area contributed by atoms with Crippen LogP contribution in [0.1, 0.15) is 36.3 Å². The third-order valence-corrected chi connectivity index (χ3v) is 4.22. The first-order valence-electron chi connectivity index (χ1n) is 8.95. The molecule has 0 fully saturated rings. The second-order valence-electron chi connectivity index (χ2n) is 6.97. The molecule has 2 amide bonds. The Bertz CT molecular complexity index is 905. The Kier molecular flexibility index (Phi) is 5.72. The third kappa shape index (κ3) is 4.36. The van der Waals surface area contributed by atoms with Crippen molar-refractivity contribution >= 4 is 23.2 Å². The van der Waals surface area contributed by atoms with E-state index >= 15 is 0 Å². The van der Waals surface area contributed by atoms with Crippen molar-refractivity contribution in [1.29, 1.82) is 0 Å². The molecule has 9 heteroatoms. The maximum absolute atomic E-state index is 13.0. The summed E-state index contributed by atoms with van der Waals surface area (Å²) in [6, 6.07) is 5.80. The van der Waals surface area contributed by atoms with Gasteiger partial charge >= 0.3 is 0 Å². The highest BCUT2D eigenvalue weighted by Gasteiger charge is 2.30. The molecule has 148 valence electrons. The van der Waals surface area contributed by atoms with E-state index in [9.17, 15) is 14.0 Å². The van der Waals surface area contributed by atoms with E-state index in [1.54, 1.807) is 19.2 Å². The Labute approximate surface area is 161 Å². The maximum Gasteiger partial charge on any atom is 0.271 e. The van der Waals surface area contributed by atoms with E-state index in [-0.39, 0.29) is 23.8 Å². The van der Waals surface area contributed by atoms with Crippen molar-refractivity contribution in [3.63, 3.8) is 0 Å². The van der Waals surface area contributed by atoms with E-state index in [0.717, 1.165) is 0 Å². The number of carbonyl (C=O) groups is 2. The monoisotopic (exact) mass is 387 g/mol. The number of aromatic nitrogens is 2. The highest BCUT2D eigenvalue weighted by molar-refractivity contribution is 6.07. The van der Waals surface area contributed by atoms with E-state index in [2.05, 4.69) is 20.9 Å². The molecule has 0 bridgehead atoms. The van der Waals surface area contributed by atoms with Crippen LogP contribution in [0.25, 0.3) is 0 Å². The summed E-state index contributed by atoms with van der Waals surface area (Å²) in [5.74, 6) is -0.812. The lowest BCUT2D eigenvalue weighted by Gasteiger charge is -2.12. The lowest BCUT2D eigenvalue weighted by molar-refractivity contribution is -0.125. The third-order valence-electron chi connectivity index (χ3n) is 4.22. The topological polar surface area (TPSA) is 97.6 Å². The molecule has 1 aromatic heterocycles. The van der Waals surface area contributed by atoms with Gasteiger partial charge in [0.15, 0.2) is 0 Å². The fourth-order valence-electron chi connectivity index (χ4n) is 2.72. The summed E-state index contributed by atoms with van der Waals surface area (Å²) < 4.78 is 14.5. The molecule has 1 atom stereocenters. The number of hydrogen-bond acceptors (Lipinski definition) is 5. The molecule has 1 unspecified atom stereocenters. The standard InChI is InChI=1S/C19H22FN5O3/c1-11(2)9-21-19(27)17-15(10-22-25(17)3)23-18(26)16-8-14(24-28-16)12-4-6-13(20)7-5-12/h4-7,10-11,16H,8-9H2,1-3H3,(H,21,27)(H,23,26). The van der Waals surface area contributed by atoms with Gasteiger partial charge in [0.25, 0.3) is 11.8 Å². The quantitative estimate of drug-likeness (QED) is 0.793. The first-order valence-corrected chi connectivity index (χ1v) is 8.95. The number of benzene rings is 1. The molecule has 1 aromatic carbocycles. The summed E-state index contributed by atoms with van der Waals surface area (Å²) in [7, 11) is 1.63. The van der Waals surface area contributed by atoms with Crippen LogP contribution in [0.15, 0.2) is 35.6 Å². The molecule has 1 aliphatic heterocycles. The van der Waals surface area contributed by atoms with E-state index in [4.69, 9.17) is 4.84 Å². The normalized spacial score (nSPS) is 15.9. The average molecular weight is 387 g/mol. The molecule has 28 heavy (non-hydrogen) atoms. The number of anilines is 1. The van der Waals surface area contributed by atoms with Crippen LogP contribution in [0, 0.1) is 11.7 Å². The molecule has 1 aliphatic rings. The van der Waals surface area contributed by atoms with E-state index in [1.165, 1.54) is 23.0 Å².